The van der Waals surface area contributed by atoms with Gasteiger partial charge in [-0.15, -0.1) is 0 Å². The van der Waals surface area contributed by atoms with Gasteiger partial charge in [-0.25, -0.2) is 0 Å². The van der Waals surface area contributed by atoms with E-state index in [9.17, 15) is 4.79 Å². The largest absolute Gasteiger partial charge is 0.398 e. The molecule has 0 atom stereocenters. The Morgan fingerprint density at radius 1 is 1.25 bits per heavy atom. The zero-order chi connectivity index (χ0) is 11.7. The van der Waals surface area contributed by atoms with Crippen molar-refractivity contribution in [2.45, 2.75) is 33.1 Å². The molecule has 0 bridgehead atoms. The maximum Gasteiger partial charge on any atom is 0.226 e. The van der Waals surface area contributed by atoms with Gasteiger partial charge in [0.1, 0.15) is 0 Å². The van der Waals surface area contributed by atoms with E-state index in [4.69, 9.17) is 5.73 Å². The molecule has 86 valence electrons. The van der Waals surface area contributed by atoms with Crippen LogP contribution in [0, 0.1) is 13.8 Å². The fraction of sp³-hybridized carbons (Fsp3) is 0.462. The number of nitrogens with two attached hydrogens (primary N) is 1. The van der Waals surface area contributed by atoms with Gasteiger partial charge in [0.15, 0.2) is 0 Å². The number of anilines is 2. The molecule has 2 rings (SSSR count). The van der Waals surface area contributed by atoms with Crippen LogP contribution in [0.4, 0.5) is 11.4 Å². The van der Waals surface area contributed by atoms with Crippen molar-refractivity contribution in [3.8, 4) is 0 Å². The monoisotopic (exact) mass is 218 g/mol. The van der Waals surface area contributed by atoms with Gasteiger partial charge in [0.05, 0.1) is 0 Å². The third-order valence-electron chi connectivity index (χ3n) is 3.32. The van der Waals surface area contributed by atoms with Crippen LogP contribution in [0.25, 0.3) is 0 Å². The molecule has 0 aliphatic carbocycles. The number of nitrogens with zero attached hydrogens (tertiary/aromatic N) is 1. The van der Waals surface area contributed by atoms with Crippen molar-refractivity contribution in [1.29, 1.82) is 0 Å². The van der Waals surface area contributed by atoms with E-state index in [1.54, 1.807) is 0 Å². The average molecular weight is 218 g/mol. The molecule has 3 heteroatoms. The summed E-state index contributed by atoms with van der Waals surface area (Å²) in [5.74, 6) is 0.220. The molecule has 1 fully saturated rings. The molecule has 1 saturated heterocycles. The maximum absolute atomic E-state index is 11.8. The van der Waals surface area contributed by atoms with Crippen LogP contribution in [-0.4, -0.2) is 12.5 Å². The number of nitrogen functional groups attached to an aromatic ring is 1. The molecule has 1 aromatic rings. The predicted molar refractivity (Wildman–Crippen MR) is 66.5 cm³/mol. The molecule has 1 aliphatic heterocycles. The third kappa shape index (κ3) is 1.77. The third-order valence-corrected chi connectivity index (χ3v) is 3.32. The fourth-order valence-corrected chi connectivity index (χ4v) is 2.21. The minimum absolute atomic E-state index is 0.220. The molecule has 0 radical (unpaired) electrons. The van der Waals surface area contributed by atoms with Gasteiger partial charge < -0.3 is 10.6 Å². The summed E-state index contributed by atoms with van der Waals surface area (Å²) in [6, 6.07) is 3.99. The van der Waals surface area contributed by atoms with Gasteiger partial charge >= 0.3 is 0 Å². The van der Waals surface area contributed by atoms with E-state index in [1.165, 1.54) is 0 Å². The van der Waals surface area contributed by atoms with Crippen LogP contribution >= 0.6 is 0 Å². The van der Waals surface area contributed by atoms with E-state index < -0.39 is 0 Å². The summed E-state index contributed by atoms with van der Waals surface area (Å²) in [4.78, 5) is 13.7. The van der Waals surface area contributed by atoms with Gasteiger partial charge in [0.2, 0.25) is 5.91 Å². The van der Waals surface area contributed by atoms with Gasteiger partial charge in [-0.05, 0) is 43.9 Å². The Morgan fingerprint density at radius 2 is 2.00 bits per heavy atom. The fourth-order valence-electron chi connectivity index (χ4n) is 2.21. The van der Waals surface area contributed by atoms with Gasteiger partial charge in [0, 0.05) is 24.3 Å². The van der Waals surface area contributed by atoms with Crippen molar-refractivity contribution in [1.82, 2.24) is 0 Å². The summed E-state index contributed by atoms with van der Waals surface area (Å²) in [7, 11) is 0. The first-order valence-corrected chi connectivity index (χ1v) is 5.77. The number of benzene rings is 1. The first-order chi connectivity index (χ1) is 7.61. The second-order valence-corrected chi connectivity index (χ2v) is 4.44. The Bertz CT molecular complexity index is 426. The number of hydrogen-bond donors (Lipinski definition) is 1. The molecular formula is C13H18N2O. The summed E-state index contributed by atoms with van der Waals surface area (Å²) in [6.07, 6.45) is 2.75. The Labute approximate surface area is 96.2 Å². The number of piperidine rings is 1. The molecule has 16 heavy (non-hydrogen) atoms. The normalized spacial score (nSPS) is 16.6. The van der Waals surface area contributed by atoms with Crippen LogP contribution in [0.1, 0.15) is 30.4 Å². The highest BCUT2D eigenvalue weighted by atomic mass is 16.2. The first kappa shape index (κ1) is 11.0. The average Bonchev–Trinajstić information content (AvgIpc) is 2.28. The van der Waals surface area contributed by atoms with E-state index in [1.807, 2.05) is 30.9 Å². The summed E-state index contributed by atoms with van der Waals surface area (Å²) < 4.78 is 0. The van der Waals surface area contributed by atoms with E-state index in [0.717, 1.165) is 41.9 Å². The molecule has 1 aliphatic rings. The number of carbonyl (C=O) groups excluding carboxylic acids is 1. The molecule has 1 heterocycles. The number of hydrogen-bond acceptors (Lipinski definition) is 2. The second-order valence-electron chi connectivity index (χ2n) is 4.44. The zero-order valence-electron chi connectivity index (χ0n) is 9.92. The van der Waals surface area contributed by atoms with Crippen LogP contribution < -0.4 is 10.6 Å². The predicted octanol–water partition coefficient (Wildman–Crippen LogP) is 2.40. The van der Waals surface area contributed by atoms with Gasteiger partial charge in [0.25, 0.3) is 0 Å². The number of amides is 1. The summed E-state index contributed by atoms with van der Waals surface area (Å²) in [6.45, 7) is 4.80. The topological polar surface area (TPSA) is 46.3 Å². The lowest BCUT2D eigenvalue weighted by molar-refractivity contribution is -0.119. The molecule has 1 aromatic carbocycles. The van der Waals surface area contributed by atoms with Crippen LogP contribution in [0.3, 0.4) is 0 Å². The standard InChI is InChI=1S/C13H18N2O/c1-9-6-7-11(10(2)13(9)14)15-8-4-3-5-12(15)16/h6-7H,3-5,8,14H2,1-2H3. The molecule has 3 nitrogen and oxygen atoms in total. The highest BCUT2D eigenvalue weighted by Crippen LogP contribution is 2.29. The molecule has 1 amide bonds. The second kappa shape index (κ2) is 4.16. The lowest BCUT2D eigenvalue weighted by Gasteiger charge is -2.29. The van der Waals surface area contributed by atoms with Crippen LogP contribution in [0.15, 0.2) is 12.1 Å². The van der Waals surface area contributed by atoms with Crippen molar-refractivity contribution < 1.29 is 4.79 Å². The van der Waals surface area contributed by atoms with E-state index in [0.29, 0.717) is 6.42 Å². The Morgan fingerprint density at radius 3 is 2.69 bits per heavy atom. The first-order valence-electron chi connectivity index (χ1n) is 5.77. The minimum Gasteiger partial charge on any atom is -0.398 e. The molecule has 0 spiro atoms. The Balaban J connectivity index is 2.40. The van der Waals surface area contributed by atoms with E-state index in [-0.39, 0.29) is 5.91 Å². The van der Waals surface area contributed by atoms with Gasteiger partial charge in [-0.2, -0.15) is 0 Å². The van der Waals surface area contributed by atoms with Gasteiger partial charge in [-0.3, -0.25) is 4.79 Å². The van der Waals surface area contributed by atoms with Crippen LogP contribution in [0.2, 0.25) is 0 Å². The summed E-state index contributed by atoms with van der Waals surface area (Å²) in [5.41, 5.74) is 9.88. The lowest BCUT2D eigenvalue weighted by atomic mass is 10.0. The number of aryl methyl sites for hydroxylation is 1. The van der Waals surface area contributed by atoms with Crippen LogP contribution in [-0.2, 0) is 4.79 Å². The quantitative estimate of drug-likeness (QED) is 0.736. The molecule has 2 N–H and O–H groups in total. The smallest absolute Gasteiger partial charge is 0.226 e. The Kier molecular flexibility index (Phi) is 2.86. The van der Waals surface area contributed by atoms with Crippen molar-refractivity contribution in [2.24, 2.45) is 0 Å². The lowest BCUT2D eigenvalue weighted by Crippen LogP contribution is -2.35. The highest BCUT2D eigenvalue weighted by Gasteiger charge is 2.21. The van der Waals surface area contributed by atoms with Crippen molar-refractivity contribution in [2.75, 3.05) is 17.2 Å². The highest BCUT2D eigenvalue weighted by molar-refractivity contribution is 5.95. The van der Waals surface area contributed by atoms with Crippen LogP contribution in [0.5, 0.6) is 0 Å². The molecule has 0 unspecified atom stereocenters. The Hall–Kier alpha value is -1.51. The molecular weight excluding hydrogens is 200 g/mol. The van der Waals surface area contributed by atoms with Crippen molar-refractivity contribution >= 4 is 17.3 Å². The molecule has 0 aromatic heterocycles. The number of carbonyl (C=O) groups is 1. The maximum atomic E-state index is 11.8. The van der Waals surface area contributed by atoms with E-state index >= 15 is 0 Å². The van der Waals surface area contributed by atoms with Crippen molar-refractivity contribution in [3.05, 3.63) is 23.3 Å². The minimum atomic E-state index is 0.220. The molecule has 0 saturated carbocycles. The van der Waals surface area contributed by atoms with Gasteiger partial charge in [-0.1, -0.05) is 6.07 Å². The SMILES string of the molecule is Cc1ccc(N2CCCCC2=O)c(C)c1N. The number of rotatable bonds is 1. The zero-order valence-corrected chi connectivity index (χ0v) is 9.92. The summed E-state index contributed by atoms with van der Waals surface area (Å²) in [5, 5.41) is 0. The van der Waals surface area contributed by atoms with E-state index in [2.05, 4.69) is 0 Å². The summed E-state index contributed by atoms with van der Waals surface area (Å²) >= 11 is 0. The van der Waals surface area contributed by atoms with Crippen molar-refractivity contribution in [3.63, 3.8) is 0 Å².